The number of hydrogen-bond acceptors (Lipinski definition) is 3. The van der Waals surface area contributed by atoms with Crippen LogP contribution in [0.4, 0.5) is 4.79 Å². The van der Waals surface area contributed by atoms with Crippen molar-refractivity contribution in [2.75, 3.05) is 13.1 Å². The summed E-state index contributed by atoms with van der Waals surface area (Å²) in [5.41, 5.74) is -0.413. The molecule has 1 amide bonds. The van der Waals surface area contributed by atoms with Crippen molar-refractivity contribution >= 4 is 6.09 Å². The molecule has 0 bridgehead atoms. The molecule has 1 fully saturated rings. The second kappa shape index (κ2) is 6.84. The number of nitrogens with one attached hydrogen (secondary N) is 2. The van der Waals surface area contributed by atoms with Crippen molar-refractivity contribution in [3.05, 3.63) is 0 Å². The lowest BCUT2D eigenvalue weighted by molar-refractivity contribution is 0.0498. The monoisotopic (exact) mass is 242 g/mol. The van der Waals surface area contributed by atoms with Gasteiger partial charge in [-0.05, 0) is 59.5 Å². The molecule has 1 aliphatic heterocycles. The summed E-state index contributed by atoms with van der Waals surface area (Å²) in [5, 5.41) is 6.38. The molecule has 1 rings (SSSR count). The highest BCUT2D eigenvalue weighted by atomic mass is 16.6. The molecule has 0 aromatic rings. The Morgan fingerprint density at radius 1 is 1.18 bits per heavy atom. The summed E-state index contributed by atoms with van der Waals surface area (Å²) in [6.07, 6.45) is 5.27. The van der Waals surface area contributed by atoms with Crippen molar-refractivity contribution in [2.24, 2.45) is 0 Å². The molecule has 1 aliphatic rings. The molecule has 4 heteroatoms. The minimum Gasteiger partial charge on any atom is -0.444 e. The number of rotatable bonds is 1. The van der Waals surface area contributed by atoms with Crippen LogP contribution in [0.25, 0.3) is 0 Å². The first-order chi connectivity index (χ1) is 7.97. The standard InChI is InChI=1S/C13H26N2O2/c1-13(2,3)17-12(16)15-11-7-4-5-9-14-10-6-8-11/h11,14H,4-10H2,1-3H3,(H,15,16). The zero-order chi connectivity index (χ0) is 12.7. The van der Waals surface area contributed by atoms with Crippen LogP contribution in [0, 0.1) is 0 Å². The lowest BCUT2D eigenvalue weighted by atomic mass is 10.1. The van der Waals surface area contributed by atoms with E-state index in [1.807, 2.05) is 20.8 Å². The first-order valence-electron chi connectivity index (χ1n) is 6.67. The van der Waals surface area contributed by atoms with Gasteiger partial charge in [-0.25, -0.2) is 4.79 Å². The van der Waals surface area contributed by atoms with E-state index >= 15 is 0 Å². The maximum Gasteiger partial charge on any atom is 0.407 e. The van der Waals surface area contributed by atoms with Gasteiger partial charge in [0.15, 0.2) is 0 Å². The molecule has 1 atom stereocenters. The van der Waals surface area contributed by atoms with E-state index in [4.69, 9.17) is 4.74 Å². The SMILES string of the molecule is CC(C)(C)OC(=O)NC1CCCCNCCC1. The number of carbonyl (C=O) groups is 1. The Morgan fingerprint density at radius 3 is 2.53 bits per heavy atom. The first kappa shape index (κ1) is 14.3. The van der Waals surface area contributed by atoms with Gasteiger partial charge in [-0.15, -0.1) is 0 Å². The molecular formula is C13H26N2O2. The third-order valence-electron chi connectivity index (χ3n) is 2.78. The van der Waals surface area contributed by atoms with Crippen molar-refractivity contribution < 1.29 is 9.53 Å². The molecule has 1 saturated heterocycles. The molecular weight excluding hydrogens is 216 g/mol. The van der Waals surface area contributed by atoms with Crippen molar-refractivity contribution in [3.8, 4) is 0 Å². The van der Waals surface area contributed by atoms with E-state index < -0.39 is 5.60 Å². The van der Waals surface area contributed by atoms with Crippen LogP contribution in [0.1, 0.15) is 52.9 Å². The first-order valence-corrected chi connectivity index (χ1v) is 6.67. The topological polar surface area (TPSA) is 50.4 Å². The fourth-order valence-electron chi connectivity index (χ4n) is 2.00. The Balaban J connectivity index is 2.34. The summed E-state index contributed by atoms with van der Waals surface area (Å²) in [4.78, 5) is 11.7. The van der Waals surface area contributed by atoms with Crippen LogP contribution in [-0.2, 0) is 4.74 Å². The third-order valence-corrected chi connectivity index (χ3v) is 2.78. The zero-order valence-electron chi connectivity index (χ0n) is 11.3. The van der Waals surface area contributed by atoms with Crippen molar-refractivity contribution in [1.29, 1.82) is 0 Å². The molecule has 100 valence electrons. The van der Waals surface area contributed by atoms with E-state index in [0.717, 1.165) is 38.8 Å². The second-order valence-corrected chi connectivity index (χ2v) is 5.73. The van der Waals surface area contributed by atoms with Gasteiger partial charge in [-0.2, -0.15) is 0 Å². The Labute approximate surface area is 104 Å². The molecule has 1 heterocycles. The number of alkyl carbamates (subject to hydrolysis) is 1. The van der Waals surface area contributed by atoms with Crippen LogP contribution in [-0.4, -0.2) is 30.8 Å². The number of carbonyl (C=O) groups excluding carboxylic acids is 1. The van der Waals surface area contributed by atoms with Crippen LogP contribution in [0.15, 0.2) is 0 Å². The lowest BCUT2D eigenvalue weighted by Gasteiger charge is -2.23. The smallest absolute Gasteiger partial charge is 0.407 e. The van der Waals surface area contributed by atoms with Gasteiger partial charge in [-0.3, -0.25) is 0 Å². The Hall–Kier alpha value is -0.770. The molecule has 0 aromatic heterocycles. The summed E-state index contributed by atoms with van der Waals surface area (Å²) in [7, 11) is 0. The zero-order valence-corrected chi connectivity index (χ0v) is 11.3. The van der Waals surface area contributed by atoms with Crippen molar-refractivity contribution in [3.63, 3.8) is 0 Å². The van der Waals surface area contributed by atoms with E-state index in [-0.39, 0.29) is 12.1 Å². The van der Waals surface area contributed by atoms with Gasteiger partial charge in [-0.1, -0.05) is 6.42 Å². The van der Waals surface area contributed by atoms with E-state index in [1.165, 1.54) is 6.42 Å². The Kier molecular flexibility index (Phi) is 5.75. The van der Waals surface area contributed by atoms with Crippen LogP contribution in [0.2, 0.25) is 0 Å². The fraction of sp³-hybridized carbons (Fsp3) is 0.923. The van der Waals surface area contributed by atoms with E-state index in [1.54, 1.807) is 0 Å². The highest BCUT2D eigenvalue weighted by molar-refractivity contribution is 5.68. The summed E-state index contributed by atoms with van der Waals surface area (Å²) in [6, 6.07) is 0.268. The van der Waals surface area contributed by atoms with Crippen LogP contribution < -0.4 is 10.6 Å². The Morgan fingerprint density at radius 2 is 1.82 bits per heavy atom. The van der Waals surface area contributed by atoms with E-state index in [2.05, 4.69) is 10.6 Å². The predicted molar refractivity (Wildman–Crippen MR) is 69.1 cm³/mol. The Bertz CT molecular complexity index is 226. The highest BCUT2D eigenvalue weighted by Gasteiger charge is 2.19. The van der Waals surface area contributed by atoms with Crippen molar-refractivity contribution in [2.45, 2.75) is 64.5 Å². The normalized spacial score (nSPS) is 23.1. The largest absolute Gasteiger partial charge is 0.444 e. The molecule has 4 nitrogen and oxygen atoms in total. The second-order valence-electron chi connectivity index (χ2n) is 5.73. The van der Waals surface area contributed by atoms with Gasteiger partial charge in [0.2, 0.25) is 0 Å². The van der Waals surface area contributed by atoms with Gasteiger partial charge < -0.3 is 15.4 Å². The highest BCUT2D eigenvalue weighted by Crippen LogP contribution is 2.11. The van der Waals surface area contributed by atoms with Gasteiger partial charge >= 0.3 is 6.09 Å². The lowest BCUT2D eigenvalue weighted by Crippen LogP contribution is -2.39. The molecule has 0 aliphatic carbocycles. The fourth-order valence-corrected chi connectivity index (χ4v) is 2.00. The maximum atomic E-state index is 11.7. The molecule has 0 aromatic carbocycles. The minimum atomic E-state index is -0.413. The van der Waals surface area contributed by atoms with Crippen LogP contribution >= 0.6 is 0 Å². The third kappa shape index (κ3) is 7.21. The summed E-state index contributed by atoms with van der Waals surface area (Å²) in [6.45, 7) is 7.81. The van der Waals surface area contributed by atoms with Gasteiger partial charge in [0.05, 0.1) is 0 Å². The summed E-state index contributed by atoms with van der Waals surface area (Å²) < 4.78 is 5.28. The van der Waals surface area contributed by atoms with E-state index in [9.17, 15) is 4.79 Å². The number of ether oxygens (including phenoxy) is 1. The molecule has 2 N–H and O–H groups in total. The average Bonchev–Trinajstić information content (AvgIpc) is 2.28. The molecule has 0 saturated carbocycles. The quantitative estimate of drug-likeness (QED) is 0.742. The molecule has 17 heavy (non-hydrogen) atoms. The molecule has 1 unspecified atom stereocenters. The summed E-state index contributed by atoms with van der Waals surface area (Å²) in [5.74, 6) is 0. The van der Waals surface area contributed by atoms with E-state index in [0.29, 0.717) is 0 Å². The van der Waals surface area contributed by atoms with Crippen LogP contribution in [0.3, 0.4) is 0 Å². The van der Waals surface area contributed by atoms with Crippen molar-refractivity contribution in [1.82, 2.24) is 10.6 Å². The average molecular weight is 242 g/mol. The number of hydrogen-bond donors (Lipinski definition) is 2. The van der Waals surface area contributed by atoms with Gasteiger partial charge in [0, 0.05) is 6.04 Å². The van der Waals surface area contributed by atoms with Crippen LogP contribution in [0.5, 0.6) is 0 Å². The molecule has 0 radical (unpaired) electrons. The van der Waals surface area contributed by atoms with Gasteiger partial charge in [0.1, 0.15) is 5.60 Å². The molecule has 0 spiro atoms. The minimum absolute atomic E-state index is 0.268. The summed E-state index contributed by atoms with van der Waals surface area (Å²) >= 11 is 0. The predicted octanol–water partition coefficient (Wildman–Crippen LogP) is 2.43. The van der Waals surface area contributed by atoms with Gasteiger partial charge in [0.25, 0.3) is 0 Å². The maximum absolute atomic E-state index is 11.7. The number of amides is 1.